The van der Waals surface area contributed by atoms with Crippen molar-refractivity contribution >= 4 is 11.7 Å². The first-order valence-electron chi connectivity index (χ1n) is 9.86. The van der Waals surface area contributed by atoms with Crippen LogP contribution in [0.2, 0.25) is 0 Å². The average molecular weight is 350 g/mol. The fraction of sp³-hybridized carbons (Fsp3) is 0.667. The van der Waals surface area contributed by atoms with E-state index >= 15 is 0 Å². The molecule has 4 heteroatoms. The molecule has 0 aromatic heterocycles. The number of nitrogens with one attached hydrogen (secondary N) is 1. The van der Waals surface area contributed by atoms with E-state index in [-0.39, 0.29) is 5.97 Å². The van der Waals surface area contributed by atoms with Gasteiger partial charge in [0.05, 0.1) is 12.2 Å². The Kier molecular flexibility index (Phi) is 12.7. The monoisotopic (exact) mass is 349 g/mol. The summed E-state index contributed by atoms with van der Waals surface area (Å²) in [6, 6.07) is 7.43. The number of hydrogen-bond donors (Lipinski definition) is 1. The molecule has 0 radical (unpaired) electrons. The molecule has 0 aliphatic rings. The number of ether oxygens (including phenoxy) is 2. The Balaban J connectivity index is 2.06. The van der Waals surface area contributed by atoms with Crippen molar-refractivity contribution in [2.45, 2.75) is 65.2 Å². The number of rotatable bonds is 15. The molecule has 0 aliphatic carbocycles. The minimum Gasteiger partial charge on any atom is -0.460 e. The van der Waals surface area contributed by atoms with Crippen molar-refractivity contribution in [3.8, 4) is 0 Å². The molecule has 0 unspecified atom stereocenters. The lowest BCUT2D eigenvalue weighted by molar-refractivity contribution is 0.0312. The normalized spacial score (nSPS) is 10.6. The van der Waals surface area contributed by atoms with E-state index in [0.29, 0.717) is 18.8 Å². The van der Waals surface area contributed by atoms with E-state index in [2.05, 4.69) is 19.2 Å². The number of carbonyl (C=O) groups excluding carboxylic acids is 1. The molecule has 0 atom stereocenters. The topological polar surface area (TPSA) is 47.6 Å². The molecule has 0 amide bonds. The van der Waals surface area contributed by atoms with Crippen molar-refractivity contribution in [2.24, 2.45) is 0 Å². The zero-order chi connectivity index (χ0) is 18.2. The first-order chi connectivity index (χ1) is 12.3. The summed E-state index contributed by atoms with van der Waals surface area (Å²) >= 11 is 0. The van der Waals surface area contributed by atoms with E-state index < -0.39 is 0 Å². The molecule has 0 saturated heterocycles. The average Bonchev–Trinajstić information content (AvgIpc) is 2.64. The number of unbranched alkanes of at least 4 members (excludes halogenated alkanes) is 6. The Hall–Kier alpha value is -1.55. The summed E-state index contributed by atoms with van der Waals surface area (Å²) in [5, 5.41) is 3.33. The lowest BCUT2D eigenvalue weighted by Crippen LogP contribution is -2.11. The maximum atomic E-state index is 12.0. The van der Waals surface area contributed by atoms with E-state index in [4.69, 9.17) is 9.47 Å². The highest BCUT2D eigenvalue weighted by molar-refractivity contribution is 5.89. The molecule has 142 valence electrons. The van der Waals surface area contributed by atoms with Crippen LogP contribution in [0.3, 0.4) is 0 Å². The second-order valence-corrected chi connectivity index (χ2v) is 6.37. The van der Waals surface area contributed by atoms with Gasteiger partial charge >= 0.3 is 5.97 Å². The van der Waals surface area contributed by atoms with Crippen LogP contribution in [0.4, 0.5) is 5.69 Å². The van der Waals surface area contributed by atoms with Crippen molar-refractivity contribution < 1.29 is 14.3 Å². The highest BCUT2D eigenvalue weighted by Crippen LogP contribution is 2.11. The third-order valence-electron chi connectivity index (χ3n) is 4.08. The van der Waals surface area contributed by atoms with Gasteiger partial charge in [-0.1, -0.05) is 52.4 Å². The van der Waals surface area contributed by atoms with Crippen molar-refractivity contribution in [1.29, 1.82) is 0 Å². The second-order valence-electron chi connectivity index (χ2n) is 6.37. The Labute approximate surface area is 153 Å². The summed E-state index contributed by atoms with van der Waals surface area (Å²) in [6.45, 7) is 6.88. The number of esters is 1. The summed E-state index contributed by atoms with van der Waals surface area (Å²) in [7, 11) is 0. The Bertz CT molecular complexity index is 445. The lowest BCUT2D eigenvalue weighted by Gasteiger charge is -2.08. The third kappa shape index (κ3) is 10.8. The van der Waals surface area contributed by atoms with Gasteiger partial charge in [-0.2, -0.15) is 0 Å². The minimum absolute atomic E-state index is 0.289. The van der Waals surface area contributed by atoms with Crippen LogP contribution >= 0.6 is 0 Å². The van der Waals surface area contributed by atoms with Gasteiger partial charge in [0.15, 0.2) is 0 Å². The van der Waals surface area contributed by atoms with Crippen LogP contribution in [-0.4, -0.2) is 32.3 Å². The van der Waals surface area contributed by atoms with Crippen molar-refractivity contribution in [2.75, 3.05) is 31.7 Å². The van der Waals surface area contributed by atoms with Crippen molar-refractivity contribution in [3.05, 3.63) is 29.8 Å². The molecular formula is C21H35NO3. The summed E-state index contributed by atoms with van der Waals surface area (Å²) in [5.74, 6) is -0.289. The summed E-state index contributed by atoms with van der Waals surface area (Å²) in [4.78, 5) is 12.0. The van der Waals surface area contributed by atoms with E-state index in [0.717, 1.165) is 31.7 Å². The molecule has 0 spiro atoms. The number of benzene rings is 1. The van der Waals surface area contributed by atoms with Gasteiger partial charge in [-0.15, -0.1) is 0 Å². The van der Waals surface area contributed by atoms with Crippen LogP contribution in [0.5, 0.6) is 0 Å². The molecule has 0 aliphatic heterocycles. The first-order valence-corrected chi connectivity index (χ1v) is 9.86. The summed E-state index contributed by atoms with van der Waals surface area (Å²) in [6.07, 6.45) is 9.83. The zero-order valence-corrected chi connectivity index (χ0v) is 16.0. The van der Waals surface area contributed by atoms with Gasteiger partial charge in [0.1, 0.15) is 6.61 Å². The highest BCUT2D eigenvalue weighted by Gasteiger charge is 2.06. The first kappa shape index (κ1) is 21.5. The van der Waals surface area contributed by atoms with Crippen molar-refractivity contribution in [3.63, 3.8) is 0 Å². The number of hydrogen-bond acceptors (Lipinski definition) is 4. The van der Waals surface area contributed by atoms with E-state index in [1.807, 2.05) is 12.1 Å². The van der Waals surface area contributed by atoms with Gasteiger partial charge in [-0.05, 0) is 37.1 Å². The smallest absolute Gasteiger partial charge is 0.338 e. The fourth-order valence-electron chi connectivity index (χ4n) is 2.50. The second kappa shape index (κ2) is 14.8. The Morgan fingerprint density at radius 1 is 0.840 bits per heavy atom. The van der Waals surface area contributed by atoms with Crippen LogP contribution in [-0.2, 0) is 9.47 Å². The third-order valence-corrected chi connectivity index (χ3v) is 4.08. The Morgan fingerprint density at radius 2 is 1.52 bits per heavy atom. The van der Waals surface area contributed by atoms with Gasteiger partial charge < -0.3 is 14.8 Å². The SMILES string of the molecule is CCCCCCCCOCCOC(=O)c1ccc(NCCCC)cc1. The molecule has 0 saturated carbocycles. The molecule has 25 heavy (non-hydrogen) atoms. The summed E-state index contributed by atoms with van der Waals surface area (Å²) in [5.41, 5.74) is 1.62. The van der Waals surface area contributed by atoms with Crippen molar-refractivity contribution in [1.82, 2.24) is 0 Å². The molecule has 4 nitrogen and oxygen atoms in total. The van der Waals surface area contributed by atoms with Gasteiger partial charge in [-0.25, -0.2) is 4.79 Å². The predicted molar refractivity (Wildman–Crippen MR) is 104 cm³/mol. The number of anilines is 1. The molecule has 1 aromatic rings. The largest absolute Gasteiger partial charge is 0.460 e. The minimum atomic E-state index is -0.289. The molecule has 0 heterocycles. The van der Waals surface area contributed by atoms with Crippen LogP contribution in [0.15, 0.2) is 24.3 Å². The molecule has 0 bridgehead atoms. The van der Waals surface area contributed by atoms with Crippen LogP contribution in [0.1, 0.15) is 75.6 Å². The van der Waals surface area contributed by atoms with Crippen LogP contribution < -0.4 is 5.32 Å². The van der Waals surface area contributed by atoms with Gasteiger partial charge in [0, 0.05) is 18.8 Å². The number of carbonyl (C=O) groups is 1. The lowest BCUT2D eigenvalue weighted by atomic mass is 10.1. The van der Waals surface area contributed by atoms with Gasteiger partial charge in [0.2, 0.25) is 0 Å². The molecule has 1 N–H and O–H groups in total. The maximum absolute atomic E-state index is 12.0. The van der Waals surface area contributed by atoms with E-state index in [1.165, 1.54) is 38.5 Å². The van der Waals surface area contributed by atoms with E-state index in [9.17, 15) is 4.79 Å². The quantitative estimate of drug-likeness (QED) is 0.339. The molecular weight excluding hydrogens is 314 g/mol. The predicted octanol–water partition coefficient (Wildman–Crippen LogP) is 5.43. The fourth-order valence-corrected chi connectivity index (χ4v) is 2.50. The van der Waals surface area contributed by atoms with Gasteiger partial charge in [0.25, 0.3) is 0 Å². The standard InChI is InChI=1S/C21H35NO3/c1-3-5-7-8-9-10-16-24-17-18-25-21(23)19-11-13-20(14-12-19)22-15-6-4-2/h11-14,22H,3-10,15-18H2,1-2H3. The molecule has 0 fully saturated rings. The highest BCUT2D eigenvalue weighted by atomic mass is 16.6. The summed E-state index contributed by atoms with van der Waals surface area (Å²) < 4.78 is 10.8. The molecule has 1 aromatic carbocycles. The van der Waals surface area contributed by atoms with Crippen LogP contribution in [0.25, 0.3) is 0 Å². The Morgan fingerprint density at radius 3 is 2.24 bits per heavy atom. The maximum Gasteiger partial charge on any atom is 0.338 e. The van der Waals surface area contributed by atoms with Gasteiger partial charge in [-0.3, -0.25) is 0 Å². The molecule has 1 rings (SSSR count). The van der Waals surface area contributed by atoms with E-state index in [1.54, 1.807) is 12.1 Å². The zero-order valence-electron chi connectivity index (χ0n) is 16.0. The van der Waals surface area contributed by atoms with Crippen LogP contribution in [0, 0.1) is 0 Å².